The van der Waals surface area contributed by atoms with E-state index >= 15 is 0 Å². The zero-order chi connectivity index (χ0) is 15.6. The molecule has 0 saturated carbocycles. The van der Waals surface area contributed by atoms with E-state index in [4.69, 9.17) is 4.52 Å². The van der Waals surface area contributed by atoms with Crippen LogP contribution in [0.5, 0.6) is 0 Å². The molecule has 0 aliphatic rings. The molecule has 0 saturated heterocycles. The minimum Gasteiger partial charge on any atom is -0.361 e. The molecule has 0 bridgehead atoms. The number of aromatic nitrogens is 1. The van der Waals surface area contributed by atoms with Crippen LogP contribution in [0.2, 0.25) is 0 Å². The fraction of sp³-hybridized carbons (Fsp3) is 0.357. The molecule has 0 radical (unpaired) electrons. The molecule has 0 unspecified atom stereocenters. The summed E-state index contributed by atoms with van der Waals surface area (Å²) in [5, 5.41) is 4.54. The minimum atomic E-state index is -3.52. The van der Waals surface area contributed by atoms with Crippen LogP contribution in [0, 0.1) is 13.8 Å². The van der Waals surface area contributed by atoms with Gasteiger partial charge in [-0.15, -0.1) is 0 Å². The number of nitrogens with zero attached hydrogens (tertiary/aromatic N) is 2. The summed E-state index contributed by atoms with van der Waals surface area (Å²) in [5.74, 6) is 0.643. The van der Waals surface area contributed by atoms with Gasteiger partial charge in [0.1, 0.15) is 5.76 Å². The molecule has 114 valence electrons. The molecule has 0 spiro atoms. The van der Waals surface area contributed by atoms with Crippen LogP contribution < -0.4 is 0 Å². The van der Waals surface area contributed by atoms with Gasteiger partial charge in [-0.25, -0.2) is 8.42 Å². The highest BCUT2D eigenvalue weighted by atomic mass is 79.9. The van der Waals surface area contributed by atoms with Crippen molar-refractivity contribution in [3.05, 3.63) is 46.8 Å². The van der Waals surface area contributed by atoms with Crippen molar-refractivity contribution in [2.45, 2.75) is 30.6 Å². The van der Waals surface area contributed by atoms with Crippen molar-refractivity contribution in [3.63, 3.8) is 0 Å². The van der Waals surface area contributed by atoms with Gasteiger partial charge in [-0.3, -0.25) is 0 Å². The van der Waals surface area contributed by atoms with Gasteiger partial charge in [0.2, 0.25) is 10.0 Å². The van der Waals surface area contributed by atoms with E-state index in [1.807, 2.05) is 0 Å². The molecule has 0 fully saturated rings. The van der Waals surface area contributed by atoms with Gasteiger partial charge in [0.15, 0.2) is 0 Å². The third-order valence-corrected chi connectivity index (χ3v) is 5.81. The molecule has 0 aliphatic heterocycles. The van der Waals surface area contributed by atoms with Crippen molar-refractivity contribution in [1.82, 2.24) is 9.46 Å². The predicted molar refractivity (Wildman–Crippen MR) is 83.7 cm³/mol. The number of hydrogen-bond donors (Lipinski definition) is 0. The highest BCUT2D eigenvalue weighted by Gasteiger charge is 2.23. The fourth-order valence-corrected chi connectivity index (χ4v) is 3.48. The van der Waals surface area contributed by atoms with Crippen molar-refractivity contribution >= 4 is 26.0 Å². The second-order valence-corrected chi connectivity index (χ2v) is 7.45. The average Bonchev–Trinajstić information content (AvgIpc) is 2.79. The summed E-state index contributed by atoms with van der Waals surface area (Å²) in [6, 6.07) is 6.84. The molecule has 0 N–H and O–H groups in total. The molecule has 0 atom stereocenters. The third kappa shape index (κ3) is 3.36. The van der Waals surface area contributed by atoms with Gasteiger partial charge in [-0.2, -0.15) is 4.31 Å². The van der Waals surface area contributed by atoms with E-state index in [1.165, 1.54) is 4.31 Å². The maximum absolute atomic E-state index is 12.5. The Bertz CT molecular complexity index is 704. The van der Waals surface area contributed by atoms with Gasteiger partial charge in [-0.05, 0) is 31.5 Å². The van der Waals surface area contributed by atoms with E-state index in [0.717, 1.165) is 11.1 Å². The van der Waals surface area contributed by atoms with E-state index in [9.17, 15) is 8.42 Å². The largest absolute Gasteiger partial charge is 0.361 e. The lowest BCUT2D eigenvalue weighted by atomic mass is 10.2. The lowest BCUT2D eigenvalue weighted by Gasteiger charge is -2.17. The van der Waals surface area contributed by atoms with Gasteiger partial charge in [0, 0.05) is 24.5 Å². The van der Waals surface area contributed by atoms with Crippen LogP contribution in [0.1, 0.15) is 22.6 Å². The van der Waals surface area contributed by atoms with E-state index in [-0.39, 0.29) is 11.4 Å². The standard InChI is InChI=1S/C14H17BrN2O3S/c1-10-14(11(2)20-16-10)9-17(3)21(18,19)13-6-4-12(8-15)5-7-13/h4-7H,8-9H2,1-3H3. The molecule has 0 amide bonds. The van der Waals surface area contributed by atoms with E-state index in [1.54, 1.807) is 45.2 Å². The summed E-state index contributed by atoms with van der Waals surface area (Å²) < 4.78 is 31.5. The number of hydrogen-bond acceptors (Lipinski definition) is 4. The highest BCUT2D eigenvalue weighted by molar-refractivity contribution is 9.08. The zero-order valence-corrected chi connectivity index (χ0v) is 14.5. The normalized spacial score (nSPS) is 12.0. The summed E-state index contributed by atoms with van der Waals surface area (Å²) in [5.41, 5.74) is 2.55. The van der Waals surface area contributed by atoms with Crippen LogP contribution in [-0.2, 0) is 21.9 Å². The molecule has 7 heteroatoms. The second-order valence-electron chi connectivity index (χ2n) is 4.84. The van der Waals surface area contributed by atoms with Gasteiger partial charge >= 0.3 is 0 Å². The van der Waals surface area contributed by atoms with E-state index < -0.39 is 10.0 Å². The van der Waals surface area contributed by atoms with Crippen LogP contribution in [0.4, 0.5) is 0 Å². The van der Waals surface area contributed by atoms with Gasteiger partial charge in [-0.1, -0.05) is 33.2 Å². The maximum Gasteiger partial charge on any atom is 0.243 e. The zero-order valence-electron chi connectivity index (χ0n) is 12.1. The van der Waals surface area contributed by atoms with Crippen molar-refractivity contribution in [1.29, 1.82) is 0 Å². The minimum absolute atomic E-state index is 0.240. The Morgan fingerprint density at radius 1 is 1.24 bits per heavy atom. The molecule has 2 rings (SSSR count). The Labute approximate surface area is 133 Å². The average molecular weight is 373 g/mol. The van der Waals surface area contributed by atoms with Crippen LogP contribution in [0.15, 0.2) is 33.7 Å². The summed E-state index contributed by atoms with van der Waals surface area (Å²) in [7, 11) is -1.97. The maximum atomic E-state index is 12.5. The van der Waals surface area contributed by atoms with Crippen LogP contribution >= 0.6 is 15.9 Å². The molecule has 0 aliphatic carbocycles. The van der Waals surface area contributed by atoms with E-state index in [2.05, 4.69) is 21.1 Å². The lowest BCUT2D eigenvalue weighted by Crippen LogP contribution is -2.26. The first-order valence-corrected chi connectivity index (χ1v) is 8.95. The molecular formula is C14H17BrN2O3S. The van der Waals surface area contributed by atoms with Crippen LogP contribution in [0.3, 0.4) is 0 Å². The molecule has 1 aromatic heterocycles. The number of alkyl halides is 1. The Kier molecular flexibility index (Phi) is 4.85. The van der Waals surface area contributed by atoms with Gasteiger partial charge in [0.05, 0.1) is 10.6 Å². The van der Waals surface area contributed by atoms with Crippen molar-refractivity contribution < 1.29 is 12.9 Å². The summed E-state index contributed by atoms with van der Waals surface area (Å²) in [4.78, 5) is 0.279. The Balaban J connectivity index is 2.26. The quantitative estimate of drug-likeness (QED) is 0.756. The molecule has 5 nitrogen and oxygen atoms in total. The Hall–Kier alpha value is -1.18. The fourth-order valence-electron chi connectivity index (χ4n) is 1.97. The number of benzene rings is 1. The van der Waals surface area contributed by atoms with E-state index in [0.29, 0.717) is 16.8 Å². The topological polar surface area (TPSA) is 63.4 Å². The summed E-state index contributed by atoms with van der Waals surface area (Å²) >= 11 is 3.34. The molecule has 1 heterocycles. The Morgan fingerprint density at radius 3 is 2.33 bits per heavy atom. The van der Waals surface area contributed by atoms with Gasteiger partial charge < -0.3 is 4.52 Å². The smallest absolute Gasteiger partial charge is 0.243 e. The van der Waals surface area contributed by atoms with Crippen molar-refractivity contribution in [3.8, 4) is 0 Å². The first kappa shape index (κ1) is 16.2. The lowest BCUT2D eigenvalue weighted by molar-refractivity contribution is 0.390. The highest BCUT2D eigenvalue weighted by Crippen LogP contribution is 2.21. The number of sulfonamides is 1. The SMILES string of the molecule is Cc1noc(C)c1CN(C)S(=O)(=O)c1ccc(CBr)cc1. The van der Waals surface area contributed by atoms with Crippen molar-refractivity contribution in [2.75, 3.05) is 7.05 Å². The molecular weight excluding hydrogens is 356 g/mol. The molecule has 2 aromatic rings. The second kappa shape index (κ2) is 6.29. The number of aryl methyl sites for hydroxylation is 2. The molecule has 21 heavy (non-hydrogen) atoms. The number of halogens is 1. The third-order valence-electron chi connectivity index (χ3n) is 3.35. The predicted octanol–water partition coefficient (Wildman–Crippen LogP) is 3.01. The summed E-state index contributed by atoms with van der Waals surface area (Å²) in [6.07, 6.45) is 0. The summed E-state index contributed by atoms with van der Waals surface area (Å²) in [6.45, 7) is 3.82. The first-order chi connectivity index (χ1) is 9.86. The number of rotatable bonds is 5. The van der Waals surface area contributed by atoms with Crippen molar-refractivity contribution in [2.24, 2.45) is 0 Å². The Morgan fingerprint density at radius 2 is 1.86 bits per heavy atom. The van der Waals surface area contributed by atoms with Gasteiger partial charge in [0.25, 0.3) is 0 Å². The van der Waals surface area contributed by atoms with Crippen LogP contribution in [0.25, 0.3) is 0 Å². The first-order valence-electron chi connectivity index (χ1n) is 6.39. The monoisotopic (exact) mass is 372 g/mol. The molecule has 1 aromatic carbocycles. The van der Waals surface area contributed by atoms with Crippen LogP contribution in [-0.4, -0.2) is 24.9 Å².